The number of benzene rings is 1. The third-order valence-electron chi connectivity index (χ3n) is 3.06. The molecule has 0 aliphatic carbocycles. The van der Waals surface area contributed by atoms with Crippen molar-refractivity contribution in [3.63, 3.8) is 0 Å². The fraction of sp³-hybridized carbons (Fsp3) is 0.500. The second-order valence-corrected chi connectivity index (χ2v) is 6.99. The van der Waals surface area contributed by atoms with Gasteiger partial charge in [0.05, 0.1) is 23.7 Å². The first-order chi connectivity index (χ1) is 8.37. The van der Waals surface area contributed by atoms with Gasteiger partial charge in [0.25, 0.3) is 0 Å². The van der Waals surface area contributed by atoms with Crippen LogP contribution in [-0.4, -0.2) is 51.3 Å². The lowest BCUT2D eigenvalue weighted by Crippen LogP contribution is -2.31. The maximum absolute atomic E-state index is 11.4. The molecule has 1 aromatic rings. The Kier molecular flexibility index (Phi) is 3.49. The molecule has 1 heterocycles. The van der Waals surface area contributed by atoms with Crippen LogP contribution in [0.15, 0.2) is 24.3 Å². The first kappa shape index (κ1) is 13.2. The topological polar surface area (TPSA) is 69.6 Å². The van der Waals surface area contributed by atoms with E-state index >= 15 is 0 Å². The second kappa shape index (κ2) is 4.78. The lowest BCUT2D eigenvalue weighted by atomic mass is 10.2. The number of anilines is 2. The summed E-state index contributed by atoms with van der Waals surface area (Å²) in [4.78, 5) is 1.98. The van der Waals surface area contributed by atoms with Gasteiger partial charge in [-0.25, -0.2) is 8.42 Å². The summed E-state index contributed by atoms with van der Waals surface area (Å²) in [6, 6.07) is 7.23. The van der Waals surface area contributed by atoms with Gasteiger partial charge in [0.2, 0.25) is 0 Å². The number of hydrogen-bond acceptors (Lipinski definition) is 5. The Morgan fingerprint density at radius 2 is 1.83 bits per heavy atom. The molecule has 1 aliphatic heterocycles. The summed E-state index contributed by atoms with van der Waals surface area (Å²) in [5.74, 6) is -0.163. The Bertz CT molecular complexity index is 511. The van der Waals surface area contributed by atoms with Crippen molar-refractivity contribution in [2.75, 3.05) is 35.8 Å². The van der Waals surface area contributed by atoms with Gasteiger partial charge in [-0.2, -0.15) is 0 Å². The van der Waals surface area contributed by atoms with Crippen molar-refractivity contribution in [3.8, 4) is 0 Å². The van der Waals surface area contributed by atoms with Gasteiger partial charge in [-0.3, -0.25) is 0 Å². The summed E-state index contributed by atoms with van der Waals surface area (Å²) in [6.45, 7) is 0. The molecule has 0 amide bonds. The fourth-order valence-corrected chi connectivity index (χ4v) is 3.78. The van der Waals surface area contributed by atoms with Crippen molar-refractivity contribution in [1.29, 1.82) is 0 Å². The van der Waals surface area contributed by atoms with E-state index in [1.165, 1.54) is 0 Å². The molecular weight excluding hydrogens is 252 g/mol. The molecule has 0 radical (unpaired) electrons. The molecule has 2 rings (SSSR count). The van der Waals surface area contributed by atoms with E-state index in [1.807, 2.05) is 43.3 Å². The van der Waals surface area contributed by atoms with Crippen molar-refractivity contribution >= 4 is 21.2 Å². The molecule has 2 atom stereocenters. The van der Waals surface area contributed by atoms with Crippen LogP contribution in [0.3, 0.4) is 0 Å². The van der Waals surface area contributed by atoms with Gasteiger partial charge in [-0.1, -0.05) is 0 Å². The van der Waals surface area contributed by atoms with Gasteiger partial charge >= 0.3 is 0 Å². The Labute approximate surface area is 107 Å². The maximum Gasteiger partial charge on any atom is 0.155 e. The van der Waals surface area contributed by atoms with E-state index in [2.05, 4.69) is 5.32 Å². The van der Waals surface area contributed by atoms with E-state index in [1.54, 1.807) is 0 Å². The largest absolute Gasteiger partial charge is 0.390 e. The summed E-state index contributed by atoms with van der Waals surface area (Å²) >= 11 is 0. The van der Waals surface area contributed by atoms with Crippen LogP contribution in [0.1, 0.15) is 0 Å². The summed E-state index contributed by atoms with van der Waals surface area (Å²) < 4.78 is 22.8. The molecular formula is C12H18N2O3S. The van der Waals surface area contributed by atoms with Gasteiger partial charge < -0.3 is 15.3 Å². The summed E-state index contributed by atoms with van der Waals surface area (Å²) in [5.41, 5.74) is 1.89. The Morgan fingerprint density at radius 3 is 2.28 bits per heavy atom. The van der Waals surface area contributed by atoms with Crippen LogP contribution in [0.5, 0.6) is 0 Å². The van der Waals surface area contributed by atoms with E-state index in [-0.39, 0.29) is 11.5 Å². The van der Waals surface area contributed by atoms with Gasteiger partial charge in [0.1, 0.15) is 0 Å². The molecule has 5 nitrogen and oxygen atoms in total. The zero-order valence-electron chi connectivity index (χ0n) is 10.5. The number of nitrogens with zero attached hydrogens (tertiary/aromatic N) is 1. The fourth-order valence-electron chi connectivity index (χ4n) is 2.04. The summed E-state index contributed by atoms with van der Waals surface area (Å²) in [6.07, 6.45) is -0.830. The molecule has 6 heteroatoms. The number of nitrogens with one attached hydrogen (secondary N) is 1. The third-order valence-corrected chi connectivity index (χ3v) is 4.77. The minimum absolute atomic E-state index is 0.0103. The van der Waals surface area contributed by atoms with Gasteiger partial charge in [0.15, 0.2) is 9.84 Å². The third kappa shape index (κ3) is 2.94. The lowest BCUT2D eigenvalue weighted by molar-refractivity contribution is 0.190. The molecule has 2 unspecified atom stereocenters. The van der Waals surface area contributed by atoms with Crippen LogP contribution in [0.25, 0.3) is 0 Å². The molecule has 1 saturated heterocycles. The summed E-state index contributed by atoms with van der Waals surface area (Å²) in [7, 11) is 0.801. The normalized spacial score (nSPS) is 25.9. The van der Waals surface area contributed by atoms with E-state index in [9.17, 15) is 13.5 Å². The van der Waals surface area contributed by atoms with Crippen LogP contribution in [-0.2, 0) is 9.84 Å². The van der Waals surface area contributed by atoms with E-state index in [4.69, 9.17) is 0 Å². The average molecular weight is 270 g/mol. The van der Waals surface area contributed by atoms with Crippen LogP contribution in [0, 0.1) is 0 Å². The monoisotopic (exact) mass is 270 g/mol. The SMILES string of the molecule is CN(C)c1ccc(NC2CS(=O)(=O)CC2O)cc1. The zero-order chi connectivity index (χ0) is 13.3. The number of rotatable bonds is 3. The van der Waals surface area contributed by atoms with Crippen LogP contribution in [0.2, 0.25) is 0 Å². The van der Waals surface area contributed by atoms with Crippen molar-refractivity contribution in [2.24, 2.45) is 0 Å². The number of sulfone groups is 1. The first-order valence-corrected chi connectivity index (χ1v) is 7.62. The summed E-state index contributed by atoms with van der Waals surface area (Å²) in [5, 5.41) is 12.7. The van der Waals surface area contributed by atoms with Crippen molar-refractivity contribution in [2.45, 2.75) is 12.1 Å². The van der Waals surface area contributed by atoms with Crippen LogP contribution in [0.4, 0.5) is 11.4 Å². The highest BCUT2D eigenvalue weighted by Gasteiger charge is 2.36. The molecule has 1 aromatic carbocycles. The molecule has 1 aliphatic rings. The number of hydrogen-bond donors (Lipinski definition) is 2. The predicted octanol–water partition coefficient (Wildman–Crippen LogP) is 0.322. The Balaban J connectivity index is 2.06. The molecule has 18 heavy (non-hydrogen) atoms. The Hall–Kier alpha value is -1.27. The zero-order valence-corrected chi connectivity index (χ0v) is 11.3. The van der Waals surface area contributed by atoms with Crippen molar-refractivity contribution < 1.29 is 13.5 Å². The van der Waals surface area contributed by atoms with Gasteiger partial charge in [-0.05, 0) is 24.3 Å². The highest BCUT2D eigenvalue weighted by molar-refractivity contribution is 7.91. The predicted molar refractivity (Wildman–Crippen MR) is 72.8 cm³/mol. The minimum atomic E-state index is -3.11. The highest BCUT2D eigenvalue weighted by Crippen LogP contribution is 2.20. The standard InChI is InChI=1S/C12H18N2O3S/c1-14(2)10-5-3-9(4-6-10)13-11-7-18(16,17)8-12(11)15/h3-6,11-13,15H,7-8H2,1-2H3. The van der Waals surface area contributed by atoms with Crippen molar-refractivity contribution in [1.82, 2.24) is 0 Å². The molecule has 0 aromatic heterocycles. The van der Waals surface area contributed by atoms with E-state index < -0.39 is 22.0 Å². The van der Waals surface area contributed by atoms with Gasteiger partial charge in [0, 0.05) is 25.5 Å². The van der Waals surface area contributed by atoms with Crippen molar-refractivity contribution in [3.05, 3.63) is 24.3 Å². The Morgan fingerprint density at radius 1 is 1.22 bits per heavy atom. The molecule has 1 fully saturated rings. The first-order valence-electron chi connectivity index (χ1n) is 5.80. The number of aliphatic hydroxyl groups is 1. The molecule has 0 bridgehead atoms. The highest BCUT2D eigenvalue weighted by atomic mass is 32.2. The molecule has 2 N–H and O–H groups in total. The molecule has 0 spiro atoms. The minimum Gasteiger partial charge on any atom is -0.390 e. The van der Waals surface area contributed by atoms with Gasteiger partial charge in [-0.15, -0.1) is 0 Å². The van der Waals surface area contributed by atoms with Crippen LogP contribution < -0.4 is 10.2 Å². The smallest absolute Gasteiger partial charge is 0.155 e. The second-order valence-electron chi connectivity index (χ2n) is 4.84. The molecule has 100 valence electrons. The lowest BCUT2D eigenvalue weighted by Gasteiger charge is -2.18. The van der Waals surface area contributed by atoms with Crippen LogP contribution >= 0.6 is 0 Å². The average Bonchev–Trinajstić information content (AvgIpc) is 2.52. The number of aliphatic hydroxyl groups excluding tert-OH is 1. The quantitative estimate of drug-likeness (QED) is 0.828. The van der Waals surface area contributed by atoms with E-state index in [0.29, 0.717) is 0 Å². The van der Waals surface area contributed by atoms with E-state index in [0.717, 1.165) is 11.4 Å². The molecule has 0 saturated carbocycles. The maximum atomic E-state index is 11.4.